The van der Waals surface area contributed by atoms with E-state index in [1.165, 1.54) is 18.9 Å². The van der Waals surface area contributed by atoms with Crippen LogP contribution >= 0.6 is 11.8 Å². The van der Waals surface area contributed by atoms with E-state index in [4.69, 9.17) is 24.7 Å². The van der Waals surface area contributed by atoms with Crippen LogP contribution in [0.5, 0.6) is 11.5 Å². The number of hydrogen-bond donors (Lipinski definition) is 2. The van der Waals surface area contributed by atoms with Gasteiger partial charge in [-0.2, -0.15) is 0 Å². The number of rotatable bonds is 14. The molecule has 3 N–H and O–H groups in total. The maximum Gasteiger partial charge on any atom is 0.421 e. The lowest BCUT2D eigenvalue weighted by atomic mass is 9.84. The van der Waals surface area contributed by atoms with Gasteiger partial charge >= 0.3 is 12.2 Å². The predicted octanol–water partition coefficient (Wildman–Crippen LogP) is 7.05. The molecule has 1 aliphatic rings. The van der Waals surface area contributed by atoms with Gasteiger partial charge in [-0.1, -0.05) is 115 Å². The minimum Gasteiger partial charge on any atom is -0.497 e. The van der Waals surface area contributed by atoms with Crippen LogP contribution in [0.25, 0.3) is 0 Å². The minimum absolute atomic E-state index is 0.0562. The minimum atomic E-state index is -4.73. The van der Waals surface area contributed by atoms with Crippen molar-refractivity contribution < 1.29 is 37.0 Å². The standard InChI is InChI=1S/C42H43N3O8S2/c1-50-36-22-18-31(19-23-36)28-52-39(46)44-55(48,49)41(30-43)26-38(27-45(41)40(47)53-29-32-20-24-37(51-2)25-21-32)54-42(33-12-6-3-7-13-33,34-14-8-4-9-15-34)35-16-10-5-11-17-35/h3-25,38H,26-30,43H2,1-2H3,(H,44,46)/t38-,41-/m0/s1. The number of amides is 2. The highest BCUT2D eigenvalue weighted by molar-refractivity contribution is 8.01. The smallest absolute Gasteiger partial charge is 0.421 e. The molecule has 1 heterocycles. The van der Waals surface area contributed by atoms with Crippen LogP contribution in [0.15, 0.2) is 140 Å². The fourth-order valence-electron chi connectivity index (χ4n) is 6.80. The van der Waals surface area contributed by atoms with Crippen LogP contribution in [-0.2, 0) is 37.5 Å². The first-order chi connectivity index (χ1) is 26.6. The highest BCUT2D eigenvalue weighted by atomic mass is 32.2. The highest BCUT2D eigenvalue weighted by Crippen LogP contribution is 2.53. The summed E-state index contributed by atoms with van der Waals surface area (Å²) in [6.45, 7) is -0.935. The van der Waals surface area contributed by atoms with Crippen molar-refractivity contribution in [3.8, 4) is 11.5 Å². The van der Waals surface area contributed by atoms with Gasteiger partial charge in [0.05, 0.1) is 19.0 Å². The van der Waals surface area contributed by atoms with Crippen molar-refractivity contribution in [3.05, 3.63) is 167 Å². The molecule has 0 aliphatic carbocycles. The van der Waals surface area contributed by atoms with Gasteiger partial charge in [-0.3, -0.25) is 4.90 Å². The van der Waals surface area contributed by atoms with Crippen molar-refractivity contribution in [3.63, 3.8) is 0 Å². The lowest BCUT2D eigenvalue weighted by Gasteiger charge is -2.37. The summed E-state index contributed by atoms with van der Waals surface area (Å²) in [4.78, 5) is 26.3. The Balaban J connectivity index is 1.35. The fraction of sp³-hybridized carbons (Fsp3) is 0.238. The van der Waals surface area contributed by atoms with Gasteiger partial charge < -0.3 is 24.7 Å². The SMILES string of the molecule is COc1ccc(COC(=O)NS(=O)(=O)[C@]2(CN)C[C@H](SC(c3ccccc3)(c3ccccc3)c3ccccc3)CN2C(=O)OCc2ccc(OC)cc2)cc1. The third kappa shape index (κ3) is 8.44. The summed E-state index contributed by atoms with van der Waals surface area (Å²) >= 11 is 1.52. The maximum atomic E-state index is 14.5. The third-order valence-corrected chi connectivity index (χ3v) is 13.3. The second-order valence-corrected chi connectivity index (χ2v) is 16.4. The van der Waals surface area contributed by atoms with Crippen molar-refractivity contribution in [2.45, 2.75) is 34.5 Å². The molecule has 11 nitrogen and oxygen atoms in total. The van der Waals surface area contributed by atoms with Crippen LogP contribution in [0.3, 0.4) is 0 Å². The molecule has 0 aromatic heterocycles. The van der Waals surface area contributed by atoms with Crippen molar-refractivity contribution in [1.82, 2.24) is 9.62 Å². The summed E-state index contributed by atoms with van der Waals surface area (Å²) in [7, 11) is -1.64. The molecule has 0 radical (unpaired) electrons. The number of thioether (sulfide) groups is 1. The normalized spacial score (nSPS) is 16.9. The monoisotopic (exact) mass is 781 g/mol. The third-order valence-electron chi connectivity index (χ3n) is 9.62. The molecule has 2 atom stereocenters. The first kappa shape index (κ1) is 39.2. The van der Waals surface area contributed by atoms with E-state index in [0.29, 0.717) is 22.6 Å². The van der Waals surface area contributed by atoms with Crippen molar-refractivity contribution in [1.29, 1.82) is 0 Å². The van der Waals surface area contributed by atoms with E-state index >= 15 is 0 Å². The second-order valence-electron chi connectivity index (χ2n) is 12.9. The first-order valence-corrected chi connectivity index (χ1v) is 19.9. The molecular weight excluding hydrogens is 739 g/mol. The van der Waals surface area contributed by atoms with Crippen LogP contribution in [0.4, 0.5) is 9.59 Å². The summed E-state index contributed by atoms with van der Waals surface area (Å²) in [6.07, 6.45) is -2.23. The molecule has 0 spiro atoms. The molecule has 0 unspecified atom stereocenters. The molecule has 1 fully saturated rings. The van der Waals surface area contributed by atoms with Gasteiger partial charge in [0.1, 0.15) is 24.7 Å². The van der Waals surface area contributed by atoms with E-state index in [1.807, 2.05) is 91.0 Å². The van der Waals surface area contributed by atoms with Gasteiger partial charge in [-0.25, -0.2) is 22.7 Å². The predicted molar refractivity (Wildman–Crippen MR) is 212 cm³/mol. The molecule has 13 heteroatoms. The lowest BCUT2D eigenvalue weighted by molar-refractivity contribution is 0.0851. The number of sulfonamides is 1. The molecule has 2 amide bonds. The number of benzene rings is 5. The van der Waals surface area contributed by atoms with Gasteiger partial charge in [-0.05, 0) is 52.1 Å². The molecule has 1 aliphatic heterocycles. The molecule has 6 rings (SSSR count). The number of methoxy groups -OCH3 is 2. The molecule has 0 saturated carbocycles. The van der Waals surface area contributed by atoms with E-state index in [0.717, 1.165) is 21.6 Å². The molecule has 0 bridgehead atoms. The molecule has 1 saturated heterocycles. The largest absolute Gasteiger partial charge is 0.497 e. The summed E-state index contributed by atoms with van der Waals surface area (Å²) in [5.74, 6) is 1.25. The number of nitrogens with one attached hydrogen (secondary N) is 1. The summed E-state index contributed by atoms with van der Waals surface area (Å²) in [5, 5.41) is -0.524. The quantitative estimate of drug-likeness (QED) is 0.112. The zero-order valence-electron chi connectivity index (χ0n) is 30.5. The number of carbonyl (C=O) groups excluding carboxylic acids is 2. The summed E-state index contributed by atoms with van der Waals surface area (Å²) in [5.41, 5.74) is 10.5. The highest BCUT2D eigenvalue weighted by Gasteiger charge is 2.59. The lowest BCUT2D eigenvalue weighted by Crippen LogP contribution is -2.61. The maximum absolute atomic E-state index is 14.5. The average Bonchev–Trinajstić information content (AvgIpc) is 3.62. The summed E-state index contributed by atoms with van der Waals surface area (Å²) < 4.78 is 51.7. The Morgan fingerprint density at radius 2 is 1.16 bits per heavy atom. The van der Waals surface area contributed by atoms with Crippen LogP contribution in [0, 0.1) is 0 Å². The Hall–Kier alpha value is -5.50. The van der Waals surface area contributed by atoms with Crippen molar-refractivity contribution in [2.75, 3.05) is 27.3 Å². The molecule has 5 aromatic carbocycles. The van der Waals surface area contributed by atoms with E-state index < -0.39 is 43.6 Å². The van der Waals surface area contributed by atoms with Gasteiger partial charge in [0, 0.05) is 24.8 Å². The van der Waals surface area contributed by atoms with Gasteiger partial charge in [0.2, 0.25) is 0 Å². The van der Waals surface area contributed by atoms with Gasteiger partial charge in [-0.15, -0.1) is 11.8 Å². The number of nitrogens with two attached hydrogens (primary N) is 1. The fourth-order valence-corrected chi connectivity index (χ4v) is 10.4. The Morgan fingerprint density at radius 1 is 0.727 bits per heavy atom. The van der Waals surface area contributed by atoms with Crippen LogP contribution in [0.2, 0.25) is 0 Å². The Labute approximate surface area is 325 Å². The Kier molecular flexibility index (Phi) is 12.3. The molecule has 5 aromatic rings. The Bertz CT molecular complexity index is 2040. The first-order valence-electron chi connectivity index (χ1n) is 17.6. The zero-order valence-corrected chi connectivity index (χ0v) is 32.1. The number of nitrogens with zero attached hydrogens (tertiary/aromatic N) is 1. The van der Waals surface area contributed by atoms with E-state index in [-0.39, 0.29) is 26.2 Å². The number of carbonyl (C=O) groups is 2. The van der Waals surface area contributed by atoms with Crippen LogP contribution < -0.4 is 19.9 Å². The van der Waals surface area contributed by atoms with Crippen molar-refractivity contribution in [2.24, 2.45) is 5.73 Å². The topological polar surface area (TPSA) is 146 Å². The van der Waals surface area contributed by atoms with E-state index in [9.17, 15) is 18.0 Å². The van der Waals surface area contributed by atoms with Crippen LogP contribution in [0.1, 0.15) is 34.2 Å². The average molecular weight is 782 g/mol. The number of hydrogen-bond acceptors (Lipinski definition) is 10. The van der Waals surface area contributed by atoms with Crippen molar-refractivity contribution >= 4 is 34.0 Å². The molecule has 286 valence electrons. The number of ether oxygens (including phenoxy) is 4. The number of likely N-dealkylation sites (tertiary alicyclic amines) is 1. The summed E-state index contributed by atoms with van der Waals surface area (Å²) in [6, 6.07) is 43.6. The molecule has 55 heavy (non-hydrogen) atoms. The Morgan fingerprint density at radius 3 is 1.58 bits per heavy atom. The zero-order chi connectivity index (χ0) is 38.9. The van der Waals surface area contributed by atoms with E-state index in [1.54, 1.807) is 55.6 Å². The van der Waals surface area contributed by atoms with Gasteiger partial charge in [0.15, 0.2) is 4.87 Å². The van der Waals surface area contributed by atoms with Gasteiger partial charge in [0.25, 0.3) is 10.0 Å². The van der Waals surface area contributed by atoms with Crippen LogP contribution in [-0.4, -0.2) is 62.9 Å². The molecular formula is C42H43N3O8S2. The van der Waals surface area contributed by atoms with E-state index in [2.05, 4.69) is 4.72 Å². The second kappa shape index (κ2) is 17.3.